The van der Waals surface area contributed by atoms with E-state index < -0.39 is 12.1 Å². The Morgan fingerprint density at radius 1 is 1.58 bits per heavy atom. The summed E-state index contributed by atoms with van der Waals surface area (Å²) in [4.78, 5) is 13.8. The number of carbonyl (C=O) groups excluding carboxylic acids is 1. The van der Waals surface area contributed by atoms with E-state index in [-0.39, 0.29) is 5.56 Å². The van der Waals surface area contributed by atoms with E-state index in [0.717, 1.165) is 0 Å². The number of hydrogen-bond acceptors (Lipinski definition) is 2. The summed E-state index contributed by atoms with van der Waals surface area (Å²) in [5.74, 6) is 0. The third-order valence-electron chi connectivity index (χ3n) is 1.56. The topological polar surface area (TPSA) is 30.0 Å². The standard InChI is InChI=1S/C8H7F2NO/c1-5-2-3-11-7(8(9)10)6(5)4-12/h2-4,8H,1H3. The van der Waals surface area contributed by atoms with Crippen molar-refractivity contribution >= 4 is 6.29 Å². The lowest BCUT2D eigenvalue weighted by Crippen LogP contribution is -1.99. The fourth-order valence-corrected chi connectivity index (χ4v) is 0.918. The Balaban J connectivity index is 3.27. The van der Waals surface area contributed by atoms with Crippen molar-refractivity contribution < 1.29 is 13.6 Å². The first-order valence-corrected chi connectivity index (χ1v) is 3.35. The van der Waals surface area contributed by atoms with Crippen molar-refractivity contribution in [2.24, 2.45) is 0 Å². The molecule has 4 heteroatoms. The third kappa shape index (κ3) is 1.47. The summed E-state index contributed by atoms with van der Waals surface area (Å²) in [5, 5.41) is 0. The van der Waals surface area contributed by atoms with E-state index in [4.69, 9.17) is 0 Å². The average Bonchev–Trinajstić information content (AvgIpc) is 2.03. The molecule has 0 aliphatic rings. The Kier molecular flexibility index (Phi) is 2.47. The highest BCUT2D eigenvalue weighted by atomic mass is 19.3. The summed E-state index contributed by atoms with van der Waals surface area (Å²) >= 11 is 0. The second-order valence-electron chi connectivity index (χ2n) is 2.35. The molecule has 0 bridgehead atoms. The van der Waals surface area contributed by atoms with Crippen LogP contribution in [0.25, 0.3) is 0 Å². The smallest absolute Gasteiger partial charge is 0.281 e. The molecule has 0 fully saturated rings. The summed E-state index contributed by atoms with van der Waals surface area (Å²) in [7, 11) is 0. The van der Waals surface area contributed by atoms with Gasteiger partial charge in [0, 0.05) is 11.8 Å². The molecular weight excluding hydrogens is 164 g/mol. The first-order chi connectivity index (χ1) is 5.66. The Labute approximate surface area is 68.2 Å². The van der Waals surface area contributed by atoms with E-state index in [1.807, 2.05) is 0 Å². The normalized spacial score (nSPS) is 10.3. The van der Waals surface area contributed by atoms with Crippen LogP contribution in [0.15, 0.2) is 12.3 Å². The fraction of sp³-hybridized carbons (Fsp3) is 0.250. The zero-order valence-corrected chi connectivity index (χ0v) is 6.42. The molecule has 12 heavy (non-hydrogen) atoms. The van der Waals surface area contributed by atoms with Gasteiger partial charge in [-0.15, -0.1) is 0 Å². The molecule has 0 amide bonds. The van der Waals surface area contributed by atoms with Gasteiger partial charge in [-0.2, -0.15) is 0 Å². The van der Waals surface area contributed by atoms with Gasteiger partial charge in [-0.05, 0) is 18.6 Å². The Morgan fingerprint density at radius 2 is 2.25 bits per heavy atom. The van der Waals surface area contributed by atoms with Gasteiger partial charge in [-0.1, -0.05) is 0 Å². The van der Waals surface area contributed by atoms with Crippen molar-refractivity contribution in [1.29, 1.82) is 0 Å². The summed E-state index contributed by atoms with van der Waals surface area (Å²) in [6.45, 7) is 1.59. The maximum absolute atomic E-state index is 12.2. The van der Waals surface area contributed by atoms with Crippen molar-refractivity contribution in [3.8, 4) is 0 Å². The molecule has 2 nitrogen and oxygen atoms in total. The largest absolute Gasteiger partial charge is 0.298 e. The number of aldehydes is 1. The minimum Gasteiger partial charge on any atom is -0.298 e. The second kappa shape index (κ2) is 3.38. The van der Waals surface area contributed by atoms with Gasteiger partial charge in [0.15, 0.2) is 6.29 Å². The molecule has 0 aliphatic heterocycles. The van der Waals surface area contributed by atoms with Crippen LogP contribution in [0.3, 0.4) is 0 Å². The lowest BCUT2D eigenvalue weighted by Gasteiger charge is -2.03. The lowest BCUT2D eigenvalue weighted by molar-refractivity contribution is 0.110. The fourth-order valence-electron chi connectivity index (χ4n) is 0.918. The van der Waals surface area contributed by atoms with Crippen LogP contribution in [0.1, 0.15) is 28.0 Å². The summed E-state index contributed by atoms with van der Waals surface area (Å²) in [6.07, 6.45) is -1.02. The van der Waals surface area contributed by atoms with Crippen molar-refractivity contribution in [3.05, 3.63) is 29.1 Å². The van der Waals surface area contributed by atoms with E-state index in [2.05, 4.69) is 4.98 Å². The lowest BCUT2D eigenvalue weighted by atomic mass is 10.1. The third-order valence-corrected chi connectivity index (χ3v) is 1.56. The number of hydrogen-bond donors (Lipinski definition) is 0. The number of aryl methyl sites for hydroxylation is 1. The molecule has 0 aliphatic carbocycles. The van der Waals surface area contributed by atoms with E-state index >= 15 is 0 Å². The molecule has 64 valence electrons. The van der Waals surface area contributed by atoms with Crippen molar-refractivity contribution in [2.75, 3.05) is 0 Å². The molecule has 0 radical (unpaired) electrons. The van der Waals surface area contributed by atoms with Crippen molar-refractivity contribution in [2.45, 2.75) is 13.3 Å². The number of halogens is 2. The number of aromatic nitrogens is 1. The monoisotopic (exact) mass is 171 g/mol. The zero-order chi connectivity index (χ0) is 9.14. The molecule has 1 rings (SSSR count). The molecule has 1 aromatic heterocycles. The maximum Gasteiger partial charge on any atom is 0.281 e. The Bertz CT molecular complexity index is 299. The first kappa shape index (κ1) is 8.77. The minimum absolute atomic E-state index is 0.00694. The number of alkyl halides is 2. The summed E-state index contributed by atoms with van der Waals surface area (Å²) in [6, 6.07) is 1.52. The highest BCUT2D eigenvalue weighted by Gasteiger charge is 2.15. The second-order valence-corrected chi connectivity index (χ2v) is 2.35. The van der Waals surface area contributed by atoms with Gasteiger partial charge in [0.05, 0.1) is 0 Å². The molecule has 1 heterocycles. The quantitative estimate of drug-likeness (QED) is 0.638. The van der Waals surface area contributed by atoms with Crippen LogP contribution >= 0.6 is 0 Å². The van der Waals surface area contributed by atoms with E-state index in [1.165, 1.54) is 12.3 Å². The molecule has 0 saturated heterocycles. The molecule has 0 N–H and O–H groups in total. The first-order valence-electron chi connectivity index (χ1n) is 3.35. The molecule has 0 spiro atoms. The highest BCUT2D eigenvalue weighted by molar-refractivity contribution is 5.78. The van der Waals surface area contributed by atoms with Gasteiger partial charge in [0.1, 0.15) is 5.69 Å². The van der Waals surface area contributed by atoms with Crippen molar-refractivity contribution in [1.82, 2.24) is 4.98 Å². The van der Waals surface area contributed by atoms with Crippen LogP contribution in [-0.4, -0.2) is 11.3 Å². The maximum atomic E-state index is 12.2. The summed E-state index contributed by atoms with van der Waals surface area (Å²) < 4.78 is 24.3. The molecular formula is C8H7F2NO. The van der Waals surface area contributed by atoms with Gasteiger partial charge in [-0.25, -0.2) is 8.78 Å². The SMILES string of the molecule is Cc1ccnc(C(F)F)c1C=O. The Morgan fingerprint density at radius 3 is 2.67 bits per heavy atom. The Hall–Kier alpha value is -1.32. The molecule has 0 aromatic carbocycles. The van der Waals surface area contributed by atoms with Crippen LogP contribution in [0.2, 0.25) is 0 Å². The van der Waals surface area contributed by atoms with Gasteiger partial charge < -0.3 is 0 Å². The zero-order valence-electron chi connectivity index (χ0n) is 6.42. The predicted octanol–water partition coefficient (Wildman–Crippen LogP) is 2.14. The highest BCUT2D eigenvalue weighted by Crippen LogP contribution is 2.20. The molecule has 1 aromatic rings. The van der Waals surface area contributed by atoms with Gasteiger partial charge >= 0.3 is 0 Å². The van der Waals surface area contributed by atoms with Crippen LogP contribution in [0, 0.1) is 6.92 Å². The number of carbonyl (C=O) groups is 1. The average molecular weight is 171 g/mol. The van der Waals surface area contributed by atoms with Crippen LogP contribution < -0.4 is 0 Å². The number of nitrogens with zero attached hydrogens (tertiary/aromatic N) is 1. The van der Waals surface area contributed by atoms with E-state index in [0.29, 0.717) is 11.8 Å². The van der Waals surface area contributed by atoms with Crippen LogP contribution in [-0.2, 0) is 0 Å². The van der Waals surface area contributed by atoms with Crippen LogP contribution in [0.4, 0.5) is 8.78 Å². The van der Waals surface area contributed by atoms with E-state index in [9.17, 15) is 13.6 Å². The predicted molar refractivity (Wildman–Crippen MR) is 39.3 cm³/mol. The molecule has 0 saturated carbocycles. The van der Waals surface area contributed by atoms with Crippen LogP contribution in [0.5, 0.6) is 0 Å². The molecule has 0 unspecified atom stereocenters. The van der Waals surface area contributed by atoms with Gasteiger partial charge in [-0.3, -0.25) is 9.78 Å². The van der Waals surface area contributed by atoms with Gasteiger partial charge in [0.2, 0.25) is 0 Å². The van der Waals surface area contributed by atoms with Gasteiger partial charge in [0.25, 0.3) is 6.43 Å². The number of rotatable bonds is 2. The molecule has 0 atom stereocenters. The van der Waals surface area contributed by atoms with Crippen molar-refractivity contribution in [3.63, 3.8) is 0 Å². The van der Waals surface area contributed by atoms with E-state index in [1.54, 1.807) is 6.92 Å². The summed E-state index contributed by atoms with van der Waals surface area (Å²) in [5.41, 5.74) is 0.0767. The number of pyridine rings is 1. The minimum atomic E-state index is -2.69.